The van der Waals surface area contributed by atoms with Crippen LogP contribution in [0.5, 0.6) is 0 Å². The molecule has 0 amide bonds. The molecule has 11 heavy (non-hydrogen) atoms. The summed E-state index contributed by atoms with van der Waals surface area (Å²) in [6.45, 7) is 2.31. The van der Waals surface area contributed by atoms with Crippen molar-refractivity contribution in [2.24, 2.45) is 17.6 Å². The van der Waals surface area contributed by atoms with Crippen LogP contribution in [-0.2, 0) is 0 Å². The first kappa shape index (κ1) is 7.60. The lowest BCUT2D eigenvalue weighted by Crippen LogP contribution is -2.30. The highest BCUT2D eigenvalue weighted by Gasteiger charge is 2.47. The lowest BCUT2D eigenvalue weighted by molar-refractivity contribution is 0.392. The molecule has 0 heterocycles. The largest absolute Gasteiger partial charge is 0.325 e. The van der Waals surface area contributed by atoms with E-state index in [1.165, 1.54) is 38.5 Å². The van der Waals surface area contributed by atoms with Gasteiger partial charge in [-0.1, -0.05) is 19.8 Å². The van der Waals surface area contributed by atoms with Gasteiger partial charge in [0.1, 0.15) is 0 Å². The first-order valence-electron chi connectivity index (χ1n) is 5.03. The minimum absolute atomic E-state index is 0.309. The van der Waals surface area contributed by atoms with Crippen LogP contribution in [0.3, 0.4) is 0 Å². The van der Waals surface area contributed by atoms with Gasteiger partial charge in [-0.2, -0.15) is 0 Å². The van der Waals surface area contributed by atoms with E-state index in [-0.39, 0.29) is 0 Å². The summed E-state index contributed by atoms with van der Waals surface area (Å²) in [5.41, 5.74) is 6.48. The Morgan fingerprint density at radius 1 is 1.36 bits per heavy atom. The summed E-state index contributed by atoms with van der Waals surface area (Å²) in [5, 5.41) is 0. The standard InChI is InChI=1S/C10H19N/c1-2-8-3-4-9(7-8)10(11)5-6-10/h8-9H,2-7,11H2,1H3. The zero-order valence-corrected chi connectivity index (χ0v) is 7.47. The average molecular weight is 153 g/mol. The van der Waals surface area contributed by atoms with Gasteiger partial charge in [0.15, 0.2) is 0 Å². The van der Waals surface area contributed by atoms with E-state index < -0.39 is 0 Å². The van der Waals surface area contributed by atoms with Gasteiger partial charge in [-0.25, -0.2) is 0 Å². The molecule has 2 unspecified atom stereocenters. The highest BCUT2D eigenvalue weighted by atomic mass is 14.8. The summed E-state index contributed by atoms with van der Waals surface area (Å²) in [4.78, 5) is 0. The Hall–Kier alpha value is -0.0400. The molecule has 1 nitrogen and oxygen atoms in total. The van der Waals surface area contributed by atoms with Crippen LogP contribution in [0.15, 0.2) is 0 Å². The molecule has 0 bridgehead atoms. The van der Waals surface area contributed by atoms with E-state index >= 15 is 0 Å². The number of rotatable bonds is 2. The molecule has 0 aromatic carbocycles. The second-order valence-corrected chi connectivity index (χ2v) is 4.52. The van der Waals surface area contributed by atoms with Crippen LogP contribution < -0.4 is 5.73 Å². The minimum atomic E-state index is 0.309. The van der Waals surface area contributed by atoms with Crippen molar-refractivity contribution in [1.29, 1.82) is 0 Å². The van der Waals surface area contributed by atoms with Crippen molar-refractivity contribution in [3.8, 4) is 0 Å². The van der Waals surface area contributed by atoms with Gasteiger partial charge in [0.05, 0.1) is 0 Å². The highest BCUT2D eigenvalue weighted by molar-refractivity contribution is 5.05. The molecule has 2 aliphatic carbocycles. The summed E-state index contributed by atoms with van der Waals surface area (Å²) in [6.07, 6.45) is 8.25. The van der Waals surface area contributed by atoms with Gasteiger partial charge in [0, 0.05) is 5.54 Å². The summed E-state index contributed by atoms with van der Waals surface area (Å²) < 4.78 is 0. The fourth-order valence-electron chi connectivity index (χ4n) is 2.52. The number of hydrogen-bond donors (Lipinski definition) is 1. The fraction of sp³-hybridized carbons (Fsp3) is 1.00. The molecular formula is C10H19N. The van der Waals surface area contributed by atoms with E-state index in [9.17, 15) is 0 Å². The van der Waals surface area contributed by atoms with Crippen LogP contribution in [0.4, 0.5) is 0 Å². The van der Waals surface area contributed by atoms with Crippen molar-refractivity contribution in [3.05, 3.63) is 0 Å². The second-order valence-electron chi connectivity index (χ2n) is 4.52. The predicted molar refractivity (Wildman–Crippen MR) is 47.3 cm³/mol. The maximum absolute atomic E-state index is 6.17. The Labute approximate surface area is 69.4 Å². The van der Waals surface area contributed by atoms with E-state index in [1.807, 2.05) is 0 Å². The predicted octanol–water partition coefficient (Wildman–Crippen LogP) is 2.30. The molecule has 0 aromatic heterocycles. The summed E-state index contributed by atoms with van der Waals surface area (Å²) in [7, 11) is 0. The number of hydrogen-bond acceptors (Lipinski definition) is 1. The van der Waals surface area contributed by atoms with E-state index in [0.29, 0.717) is 5.54 Å². The second kappa shape index (κ2) is 2.48. The molecule has 0 aliphatic heterocycles. The van der Waals surface area contributed by atoms with Crippen LogP contribution in [0.2, 0.25) is 0 Å². The lowest BCUT2D eigenvalue weighted by atomic mass is 9.94. The van der Waals surface area contributed by atoms with Gasteiger partial charge >= 0.3 is 0 Å². The Kier molecular flexibility index (Phi) is 1.71. The number of nitrogens with two attached hydrogens (primary N) is 1. The normalized spacial score (nSPS) is 40.9. The molecule has 64 valence electrons. The molecule has 2 N–H and O–H groups in total. The third kappa shape index (κ3) is 1.31. The summed E-state index contributed by atoms with van der Waals surface area (Å²) in [6, 6.07) is 0. The smallest absolute Gasteiger partial charge is 0.0184 e. The first-order valence-corrected chi connectivity index (χ1v) is 5.03. The minimum Gasteiger partial charge on any atom is -0.325 e. The van der Waals surface area contributed by atoms with Gasteiger partial charge in [0.25, 0.3) is 0 Å². The van der Waals surface area contributed by atoms with E-state index in [1.54, 1.807) is 0 Å². The Balaban J connectivity index is 1.89. The monoisotopic (exact) mass is 153 g/mol. The van der Waals surface area contributed by atoms with Crippen molar-refractivity contribution in [3.63, 3.8) is 0 Å². The van der Waals surface area contributed by atoms with Crippen LogP contribution in [0, 0.1) is 11.8 Å². The Bertz CT molecular complexity index is 149. The van der Waals surface area contributed by atoms with Gasteiger partial charge in [-0.05, 0) is 37.5 Å². The van der Waals surface area contributed by atoms with E-state index in [4.69, 9.17) is 5.73 Å². The first-order chi connectivity index (χ1) is 5.24. The van der Waals surface area contributed by atoms with Crippen molar-refractivity contribution in [1.82, 2.24) is 0 Å². The Morgan fingerprint density at radius 2 is 2.09 bits per heavy atom. The lowest BCUT2D eigenvalue weighted by Gasteiger charge is -2.17. The quantitative estimate of drug-likeness (QED) is 0.647. The SMILES string of the molecule is CCC1CCC(C2(N)CC2)C1. The molecule has 2 aliphatic rings. The fourth-order valence-corrected chi connectivity index (χ4v) is 2.52. The van der Waals surface area contributed by atoms with Crippen molar-refractivity contribution in [2.45, 2.75) is 51.0 Å². The molecular weight excluding hydrogens is 134 g/mol. The maximum atomic E-state index is 6.17. The molecule has 0 aromatic rings. The van der Waals surface area contributed by atoms with E-state index in [0.717, 1.165) is 11.8 Å². The van der Waals surface area contributed by atoms with Gasteiger partial charge in [-0.3, -0.25) is 0 Å². The third-order valence-electron chi connectivity index (χ3n) is 3.76. The molecule has 2 atom stereocenters. The molecule has 0 spiro atoms. The molecule has 2 saturated carbocycles. The molecule has 2 rings (SSSR count). The summed E-state index contributed by atoms with van der Waals surface area (Å²) in [5.74, 6) is 1.88. The molecule has 2 fully saturated rings. The highest BCUT2D eigenvalue weighted by Crippen LogP contribution is 2.49. The average Bonchev–Trinajstić information content (AvgIpc) is 2.61. The maximum Gasteiger partial charge on any atom is 0.0184 e. The van der Waals surface area contributed by atoms with Crippen molar-refractivity contribution >= 4 is 0 Å². The summed E-state index contributed by atoms with van der Waals surface area (Å²) >= 11 is 0. The Morgan fingerprint density at radius 3 is 2.55 bits per heavy atom. The molecule has 0 radical (unpaired) electrons. The topological polar surface area (TPSA) is 26.0 Å². The third-order valence-corrected chi connectivity index (χ3v) is 3.76. The van der Waals surface area contributed by atoms with Crippen LogP contribution in [0.1, 0.15) is 45.4 Å². The zero-order valence-electron chi connectivity index (χ0n) is 7.47. The molecule has 1 heteroatoms. The van der Waals surface area contributed by atoms with Crippen LogP contribution in [-0.4, -0.2) is 5.54 Å². The van der Waals surface area contributed by atoms with Crippen LogP contribution >= 0.6 is 0 Å². The van der Waals surface area contributed by atoms with Crippen molar-refractivity contribution in [2.75, 3.05) is 0 Å². The molecule has 0 saturated heterocycles. The van der Waals surface area contributed by atoms with E-state index in [2.05, 4.69) is 6.92 Å². The van der Waals surface area contributed by atoms with Gasteiger partial charge in [-0.15, -0.1) is 0 Å². The zero-order chi connectivity index (χ0) is 7.90. The van der Waals surface area contributed by atoms with Gasteiger partial charge < -0.3 is 5.73 Å². The van der Waals surface area contributed by atoms with Crippen LogP contribution in [0.25, 0.3) is 0 Å². The van der Waals surface area contributed by atoms with Crippen molar-refractivity contribution < 1.29 is 0 Å². The van der Waals surface area contributed by atoms with Gasteiger partial charge in [0.2, 0.25) is 0 Å².